The number of imidazole rings is 1. The van der Waals surface area contributed by atoms with Crippen molar-refractivity contribution in [2.75, 3.05) is 6.54 Å². The van der Waals surface area contributed by atoms with Gasteiger partial charge in [0.05, 0.1) is 30.7 Å². The second-order valence-corrected chi connectivity index (χ2v) is 10.3. The first kappa shape index (κ1) is 30.3. The number of urea groups is 1. The Balaban J connectivity index is 1.38. The second-order valence-electron chi connectivity index (χ2n) is 10.3. The van der Waals surface area contributed by atoms with Crippen molar-refractivity contribution in [2.45, 2.75) is 69.4 Å². The second kappa shape index (κ2) is 11.1. The Bertz CT molecular complexity index is 1540. The highest BCUT2D eigenvalue weighted by Gasteiger charge is 2.42. The summed E-state index contributed by atoms with van der Waals surface area (Å²) in [6.45, 7) is -0.999. The zero-order valence-electron chi connectivity index (χ0n) is 21.9. The molecule has 3 aromatic rings. The zero-order valence-corrected chi connectivity index (χ0v) is 21.9. The third-order valence-corrected chi connectivity index (χ3v) is 7.19. The van der Waals surface area contributed by atoms with E-state index in [1.165, 1.54) is 23.0 Å². The lowest BCUT2D eigenvalue weighted by Crippen LogP contribution is -2.37. The SMILES string of the molecule is O=C(N[C@H](c1cn2ncc(CN3CC(C(F)(F)F)=NC3=O)cc2n1)C1CCC(F)(F)CC1)c1nonc1CCC(F)(F)F. The number of hydrogen-bond acceptors (Lipinski definition) is 7. The molecule has 3 aromatic heterocycles. The molecule has 0 bridgehead atoms. The summed E-state index contributed by atoms with van der Waals surface area (Å²) in [5.74, 6) is -4.39. The number of aliphatic imine (C=N–C) groups is 1. The van der Waals surface area contributed by atoms with Gasteiger partial charge in [-0.05, 0) is 35.5 Å². The van der Waals surface area contributed by atoms with E-state index in [-0.39, 0.29) is 36.4 Å². The number of carbonyl (C=O) groups excluding carboxylic acids is 2. The smallest absolute Gasteiger partial charge is 0.342 e. The lowest BCUT2D eigenvalue weighted by atomic mass is 9.81. The van der Waals surface area contributed by atoms with Gasteiger partial charge in [-0.1, -0.05) is 5.16 Å². The molecule has 1 N–H and O–H groups in total. The maximum atomic E-state index is 13.9. The van der Waals surface area contributed by atoms with Crippen molar-refractivity contribution >= 4 is 23.3 Å². The van der Waals surface area contributed by atoms with Gasteiger partial charge in [-0.2, -0.15) is 36.4 Å². The average Bonchev–Trinajstić information content (AvgIpc) is 3.64. The van der Waals surface area contributed by atoms with Crippen molar-refractivity contribution in [1.29, 1.82) is 0 Å². The minimum atomic E-state index is -4.76. The minimum Gasteiger partial charge on any atom is -0.342 e. The van der Waals surface area contributed by atoms with Gasteiger partial charge in [0.25, 0.3) is 5.91 Å². The molecule has 0 saturated heterocycles. The number of nitrogens with zero attached hydrogens (tertiary/aromatic N) is 7. The number of aryl methyl sites for hydroxylation is 1. The van der Waals surface area contributed by atoms with Crippen LogP contribution >= 0.6 is 0 Å². The summed E-state index contributed by atoms with van der Waals surface area (Å²) in [5.41, 5.74) is -1.38. The molecular weight excluding hydrogens is 600 g/mol. The summed E-state index contributed by atoms with van der Waals surface area (Å²) in [6, 6.07) is -0.617. The first-order valence-corrected chi connectivity index (χ1v) is 12.9. The first-order chi connectivity index (χ1) is 20.1. The molecule has 5 rings (SSSR count). The number of alkyl halides is 8. The Labute approximate surface area is 236 Å². The van der Waals surface area contributed by atoms with Crippen LogP contribution < -0.4 is 5.32 Å². The Morgan fingerprint density at radius 2 is 1.86 bits per heavy atom. The minimum absolute atomic E-state index is 0.0128. The highest BCUT2D eigenvalue weighted by molar-refractivity contribution is 6.05. The highest BCUT2D eigenvalue weighted by Crippen LogP contribution is 2.41. The van der Waals surface area contributed by atoms with Crippen molar-refractivity contribution in [3.63, 3.8) is 0 Å². The fourth-order valence-corrected chi connectivity index (χ4v) is 4.98. The van der Waals surface area contributed by atoms with Crippen LogP contribution in [0.2, 0.25) is 0 Å². The van der Waals surface area contributed by atoms with E-state index < -0.39 is 85.8 Å². The quantitative estimate of drug-likeness (QED) is 0.356. The average molecular weight is 622 g/mol. The summed E-state index contributed by atoms with van der Waals surface area (Å²) >= 11 is 0. The standard InChI is InChI=1S/C24H22F8N8O3/c25-22(26)4-1-13(2-5-22)18(36-20(41)19-14(37-43-38-19)3-6-23(27,28)29)15-10-40-17(34-15)7-12(8-33-40)9-39-11-16(24(30,31)32)35-21(39)42/h7-8,10,13,18H,1-6,9,11H2,(H,36,41)/t18-/m0/s1. The molecular formula is C24H22F8N8O3. The molecule has 1 aliphatic heterocycles. The Morgan fingerprint density at radius 1 is 1.14 bits per heavy atom. The van der Waals surface area contributed by atoms with E-state index in [0.29, 0.717) is 5.56 Å². The third-order valence-electron chi connectivity index (χ3n) is 7.19. The number of aromatic nitrogens is 5. The predicted molar refractivity (Wildman–Crippen MR) is 128 cm³/mol. The highest BCUT2D eigenvalue weighted by atomic mass is 19.4. The molecule has 0 spiro atoms. The van der Waals surface area contributed by atoms with E-state index in [1.807, 2.05) is 0 Å². The molecule has 1 aliphatic carbocycles. The van der Waals surface area contributed by atoms with Crippen LogP contribution in [0.3, 0.4) is 0 Å². The Morgan fingerprint density at radius 3 is 2.51 bits per heavy atom. The van der Waals surface area contributed by atoms with Gasteiger partial charge in [0.15, 0.2) is 11.3 Å². The molecule has 3 amide bonds. The van der Waals surface area contributed by atoms with Gasteiger partial charge < -0.3 is 10.2 Å². The van der Waals surface area contributed by atoms with Crippen LogP contribution in [0.4, 0.5) is 39.9 Å². The fourth-order valence-electron chi connectivity index (χ4n) is 4.98. The van der Waals surface area contributed by atoms with Crippen LogP contribution in [-0.2, 0) is 13.0 Å². The molecule has 0 radical (unpaired) electrons. The van der Waals surface area contributed by atoms with Crippen LogP contribution in [0.5, 0.6) is 0 Å². The summed E-state index contributed by atoms with van der Waals surface area (Å²) in [5, 5.41) is 13.6. The maximum Gasteiger partial charge on any atom is 0.431 e. The summed E-state index contributed by atoms with van der Waals surface area (Å²) in [7, 11) is 0. The maximum absolute atomic E-state index is 13.9. The van der Waals surface area contributed by atoms with Crippen molar-refractivity contribution in [3.05, 3.63) is 41.1 Å². The first-order valence-electron chi connectivity index (χ1n) is 12.9. The van der Waals surface area contributed by atoms with E-state index in [0.717, 1.165) is 4.90 Å². The molecule has 0 aromatic carbocycles. The number of fused-ring (bicyclic) bond motifs is 1. The lowest BCUT2D eigenvalue weighted by molar-refractivity contribution is -0.134. The van der Waals surface area contributed by atoms with Crippen LogP contribution in [0.15, 0.2) is 28.1 Å². The van der Waals surface area contributed by atoms with Gasteiger partial charge in [0.1, 0.15) is 11.4 Å². The van der Waals surface area contributed by atoms with Gasteiger partial charge in [0.2, 0.25) is 5.92 Å². The molecule has 2 aliphatic rings. The van der Waals surface area contributed by atoms with Crippen LogP contribution in [0.25, 0.3) is 5.65 Å². The summed E-state index contributed by atoms with van der Waals surface area (Å²) in [4.78, 5) is 33.4. The van der Waals surface area contributed by atoms with Gasteiger partial charge in [0, 0.05) is 32.2 Å². The lowest BCUT2D eigenvalue weighted by Gasteiger charge is -2.33. The van der Waals surface area contributed by atoms with Crippen molar-refractivity contribution in [2.24, 2.45) is 10.9 Å². The third kappa shape index (κ3) is 7.07. The summed E-state index contributed by atoms with van der Waals surface area (Å²) < 4.78 is 111. The van der Waals surface area contributed by atoms with Crippen molar-refractivity contribution < 1.29 is 49.3 Å². The molecule has 1 fully saturated rings. The monoisotopic (exact) mass is 622 g/mol. The molecule has 11 nitrogen and oxygen atoms in total. The van der Waals surface area contributed by atoms with Gasteiger partial charge in [-0.15, -0.1) is 0 Å². The van der Waals surface area contributed by atoms with Crippen molar-refractivity contribution in [3.8, 4) is 0 Å². The van der Waals surface area contributed by atoms with E-state index in [1.54, 1.807) is 0 Å². The van der Waals surface area contributed by atoms with E-state index >= 15 is 0 Å². The molecule has 19 heteroatoms. The molecule has 0 unspecified atom stereocenters. The number of halogens is 8. The largest absolute Gasteiger partial charge is 0.431 e. The van der Waals surface area contributed by atoms with Crippen molar-refractivity contribution in [1.82, 2.24) is 35.1 Å². The number of nitrogens with one attached hydrogen (secondary N) is 1. The number of rotatable bonds is 8. The van der Waals surface area contributed by atoms with Crippen LogP contribution in [0, 0.1) is 5.92 Å². The Hall–Kier alpha value is -4.19. The van der Waals surface area contributed by atoms with Gasteiger partial charge in [-0.25, -0.2) is 27.7 Å². The number of amides is 3. The normalized spacial score (nSPS) is 18.7. The van der Waals surface area contributed by atoms with Crippen LogP contribution in [-0.4, -0.2) is 72.3 Å². The molecule has 232 valence electrons. The predicted octanol–water partition coefficient (Wildman–Crippen LogP) is 4.84. The molecule has 1 saturated carbocycles. The topological polar surface area (TPSA) is 131 Å². The Kier molecular flexibility index (Phi) is 7.84. The van der Waals surface area contributed by atoms with E-state index in [4.69, 9.17) is 0 Å². The number of carbonyl (C=O) groups is 2. The summed E-state index contributed by atoms with van der Waals surface area (Å²) in [6.07, 6.45) is -9.49. The number of hydrogen-bond donors (Lipinski definition) is 1. The van der Waals surface area contributed by atoms with E-state index in [2.05, 4.69) is 35.3 Å². The van der Waals surface area contributed by atoms with Crippen LogP contribution in [0.1, 0.15) is 65.6 Å². The van der Waals surface area contributed by atoms with Gasteiger partial charge >= 0.3 is 18.4 Å². The molecule has 4 heterocycles. The van der Waals surface area contributed by atoms with Gasteiger partial charge in [-0.3, -0.25) is 4.79 Å². The molecule has 43 heavy (non-hydrogen) atoms. The van der Waals surface area contributed by atoms with E-state index in [9.17, 15) is 44.7 Å². The molecule has 1 atom stereocenters. The zero-order chi connectivity index (χ0) is 31.2. The fraction of sp³-hybridized carbons (Fsp3) is 0.542.